The van der Waals surface area contributed by atoms with Crippen LogP contribution in [0.25, 0.3) is 11.3 Å². The Bertz CT molecular complexity index is 595. The molecule has 0 unspecified atom stereocenters. The largest absolute Gasteiger partial charge is 0.383 e. The standard InChI is InChI=1S/C16H23N5O/c1-20-12-14(8-19-20)16-10-17-15(9-18-16)7-13-3-4-21(11-13)5-6-22-2/h8-10,12-13H,3-7,11H2,1-2H3/t13-/m0/s1. The number of methoxy groups -OCH3 is 1. The summed E-state index contributed by atoms with van der Waals surface area (Å²) in [4.78, 5) is 11.6. The SMILES string of the molecule is COCCN1CC[C@@H](Cc2cnc(-c3cnn(C)c3)cn2)C1. The van der Waals surface area contributed by atoms with E-state index in [1.807, 2.05) is 31.8 Å². The van der Waals surface area contributed by atoms with E-state index in [-0.39, 0.29) is 0 Å². The molecule has 1 aliphatic rings. The second-order valence-corrected chi connectivity index (χ2v) is 5.95. The highest BCUT2D eigenvalue weighted by Gasteiger charge is 2.22. The zero-order valence-electron chi connectivity index (χ0n) is 13.3. The Morgan fingerprint density at radius 1 is 1.27 bits per heavy atom. The van der Waals surface area contributed by atoms with E-state index in [9.17, 15) is 0 Å². The molecule has 118 valence electrons. The predicted molar refractivity (Wildman–Crippen MR) is 84.4 cm³/mol. The number of aromatic nitrogens is 4. The molecule has 0 saturated carbocycles. The van der Waals surface area contributed by atoms with E-state index in [1.165, 1.54) is 6.42 Å². The molecule has 3 heterocycles. The minimum atomic E-state index is 0.676. The van der Waals surface area contributed by atoms with Crippen LogP contribution in [0.2, 0.25) is 0 Å². The summed E-state index contributed by atoms with van der Waals surface area (Å²) in [5.41, 5.74) is 2.96. The Balaban J connectivity index is 1.55. The van der Waals surface area contributed by atoms with Gasteiger partial charge in [0.2, 0.25) is 0 Å². The van der Waals surface area contributed by atoms with Crippen molar-refractivity contribution in [2.75, 3.05) is 33.4 Å². The third kappa shape index (κ3) is 3.69. The minimum absolute atomic E-state index is 0.676. The number of ether oxygens (including phenoxy) is 1. The Morgan fingerprint density at radius 3 is 2.86 bits per heavy atom. The molecule has 1 aliphatic heterocycles. The predicted octanol–water partition coefficient (Wildman–Crippen LogP) is 1.39. The van der Waals surface area contributed by atoms with Crippen LogP contribution in [-0.4, -0.2) is 58.0 Å². The van der Waals surface area contributed by atoms with Gasteiger partial charge in [-0.25, -0.2) is 0 Å². The van der Waals surface area contributed by atoms with Gasteiger partial charge in [-0.05, 0) is 25.3 Å². The van der Waals surface area contributed by atoms with Gasteiger partial charge in [-0.15, -0.1) is 0 Å². The fraction of sp³-hybridized carbons (Fsp3) is 0.562. The van der Waals surface area contributed by atoms with E-state index in [2.05, 4.69) is 20.0 Å². The van der Waals surface area contributed by atoms with Crippen molar-refractivity contribution in [2.24, 2.45) is 13.0 Å². The first-order valence-corrected chi connectivity index (χ1v) is 7.76. The van der Waals surface area contributed by atoms with Crippen molar-refractivity contribution < 1.29 is 4.74 Å². The lowest BCUT2D eigenvalue weighted by molar-refractivity contribution is 0.159. The molecule has 6 nitrogen and oxygen atoms in total. The number of hydrogen-bond donors (Lipinski definition) is 0. The molecule has 0 aromatic carbocycles. The first-order valence-electron chi connectivity index (χ1n) is 7.76. The Morgan fingerprint density at radius 2 is 2.18 bits per heavy atom. The first kappa shape index (κ1) is 15.1. The molecular weight excluding hydrogens is 278 g/mol. The fourth-order valence-corrected chi connectivity index (χ4v) is 2.96. The van der Waals surface area contributed by atoms with Crippen LogP contribution in [-0.2, 0) is 18.2 Å². The zero-order chi connectivity index (χ0) is 15.4. The topological polar surface area (TPSA) is 56.1 Å². The molecule has 2 aromatic rings. The molecule has 1 atom stereocenters. The van der Waals surface area contributed by atoms with Gasteiger partial charge < -0.3 is 9.64 Å². The van der Waals surface area contributed by atoms with Crippen LogP contribution in [0.4, 0.5) is 0 Å². The molecule has 2 aromatic heterocycles. The van der Waals surface area contributed by atoms with Crippen molar-refractivity contribution in [3.63, 3.8) is 0 Å². The van der Waals surface area contributed by atoms with Crippen LogP contribution in [0.5, 0.6) is 0 Å². The molecule has 0 radical (unpaired) electrons. The third-order valence-electron chi connectivity index (χ3n) is 4.19. The van der Waals surface area contributed by atoms with Gasteiger partial charge >= 0.3 is 0 Å². The first-order chi connectivity index (χ1) is 10.7. The molecule has 0 spiro atoms. The molecule has 0 bridgehead atoms. The van der Waals surface area contributed by atoms with Gasteiger partial charge in [0.25, 0.3) is 0 Å². The summed E-state index contributed by atoms with van der Waals surface area (Å²) in [5, 5.41) is 4.16. The Kier molecular flexibility index (Phi) is 4.80. The molecule has 1 saturated heterocycles. The molecule has 0 amide bonds. The van der Waals surface area contributed by atoms with Crippen LogP contribution in [0.15, 0.2) is 24.8 Å². The Labute approximate surface area is 131 Å². The monoisotopic (exact) mass is 301 g/mol. The van der Waals surface area contributed by atoms with Crippen molar-refractivity contribution in [3.8, 4) is 11.3 Å². The van der Waals surface area contributed by atoms with Gasteiger partial charge in [-0.3, -0.25) is 14.6 Å². The lowest BCUT2D eigenvalue weighted by Crippen LogP contribution is -2.25. The van der Waals surface area contributed by atoms with Crippen LogP contribution in [0.1, 0.15) is 12.1 Å². The maximum Gasteiger partial charge on any atom is 0.0916 e. The molecule has 0 N–H and O–H groups in total. The number of nitrogens with zero attached hydrogens (tertiary/aromatic N) is 5. The van der Waals surface area contributed by atoms with E-state index in [0.29, 0.717) is 5.92 Å². The maximum atomic E-state index is 5.14. The summed E-state index contributed by atoms with van der Waals surface area (Å²) >= 11 is 0. The van der Waals surface area contributed by atoms with Gasteiger partial charge in [0, 0.05) is 45.2 Å². The summed E-state index contributed by atoms with van der Waals surface area (Å²) in [5.74, 6) is 0.676. The maximum absolute atomic E-state index is 5.14. The molecule has 6 heteroatoms. The zero-order valence-corrected chi connectivity index (χ0v) is 13.3. The number of rotatable bonds is 6. The van der Waals surface area contributed by atoms with Gasteiger partial charge in [-0.1, -0.05) is 0 Å². The van der Waals surface area contributed by atoms with Crippen LogP contribution < -0.4 is 0 Å². The van der Waals surface area contributed by atoms with E-state index >= 15 is 0 Å². The van der Waals surface area contributed by atoms with Crippen molar-refractivity contribution in [2.45, 2.75) is 12.8 Å². The van der Waals surface area contributed by atoms with Gasteiger partial charge in [0.1, 0.15) is 0 Å². The van der Waals surface area contributed by atoms with Gasteiger partial charge in [0.05, 0.1) is 30.4 Å². The molecular formula is C16H23N5O. The normalized spacial score (nSPS) is 18.9. The quantitative estimate of drug-likeness (QED) is 0.807. The lowest BCUT2D eigenvalue weighted by Gasteiger charge is -2.15. The number of likely N-dealkylation sites (tertiary alicyclic amines) is 1. The molecule has 0 aliphatic carbocycles. The van der Waals surface area contributed by atoms with Crippen molar-refractivity contribution >= 4 is 0 Å². The highest BCUT2D eigenvalue weighted by atomic mass is 16.5. The number of aryl methyl sites for hydroxylation is 1. The van der Waals surface area contributed by atoms with Gasteiger partial charge in [0.15, 0.2) is 0 Å². The summed E-state index contributed by atoms with van der Waals surface area (Å²) in [6.45, 7) is 4.13. The van der Waals surface area contributed by atoms with E-state index in [1.54, 1.807) is 11.8 Å². The smallest absolute Gasteiger partial charge is 0.0916 e. The molecule has 22 heavy (non-hydrogen) atoms. The van der Waals surface area contributed by atoms with Crippen molar-refractivity contribution in [1.82, 2.24) is 24.6 Å². The summed E-state index contributed by atoms with van der Waals surface area (Å²) in [6, 6.07) is 0. The lowest BCUT2D eigenvalue weighted by atomic mass is 10.0. The summed E-state index contributed by atoms with van der Waals surface area (Å²) < 4.78 is 6.92. The average molecular weight is 301 g/mol. The highest BCUT2D eigenvalue weighted by molar-refractivity contribution is 5.55. The highest BCUT2D eigenvalue weighted by Crippen LogP contribution is 2.20. The second-order valence-electron chi connectivity index (χ2n) is 5.95. The van der Waals surface area contributed by atoms with Crippen molar-refractivity contribution in [3.05, 3.63) is 30.5 Å². The van der Waals surface area contributed by atoms with E-state index in [0.717, 1.165) is 49.6 Å². The molecule has 1 fully saturated rings. The fourth-order valence-electron chi connectivity index (χ4n) is 2.96. The Hall–Kier alpha value is -1.79. The van der Waals surface area contributed by atoms with Crippen LogP contribution >= 0.6 is 0 Å². The third-order valence-corrected chi connectivity index (χ3v) is 4.19. The summed E-state index contributed by atoms with van der Waals surface area (Å²) in [6.07, 6.45) is 9.76. The van der Waals surface area contributed by atoms with Crippen molar-refractivity contribution in [1.29, 1.82) is 0 Å². The van der Waals surface area contributed by atoms with Gasteiger partial charge in [-0.2, -0.15) is 5.10 Å². The van der Waals surface area contributed by atoms with Crippen LogP contribution in [0.3, 0.4) is 0 Å². The van der Waals surface area contributed by atoms with E-state index in [4.69, 9.17) is 4.74 Å². The second kappa shape index (κ2) is 6.98. The average Bonchev–Trinajstić information content (AvgIpc) is 3.15. The number of hydrogen-bond acceptors (Lipinski definition) is 5. The minimum Gasteiger partial charge on any atom is -0.383 e. The van der Waals surface area contributed by atoms with E-state index < -0.39 is 0 Å². The summed E-state index contributed by atoms with van der Waals surface area (Å²) in [7, 11) is 3.66. The van der Waals surface area contributed by atoms with Crippen LogP contribution in [0, 0.1) is 5.92 Å². The molecule has 3 rings (SSSR count).